The largest absolute Gasteiger partial charge is 0.508 e. The van der Waals surface area contributed by atoms with E-state index in [9.17, 15) is 19.8 Å². The van der Waals surface area contributed by atoms with Crippen molar-refractivity contribution in [1.29, 1.82) is 0 Å². The summed E-state index contributed by atoms with van der Waals surface area (Å²) in [5, 5.41) is 29.9. The number of aromatic hydroxyl groups is 2. The third-order valence-electron chi connectivity index (χ3n) is 2.73. The van der Waals surface area contributed by atoms with E-state index in [1.54, 1.807) is 6.92 Å². The van der Waals surface area contributed by atoms with E-state index in [4.69, 9.17) is 5.11 Å². The fourth-order valence-corrected chi connectivity index (χ4v) is 1.34. The Hall–Kier alpha value is -2.24. The number of nitrogens with one attached hydrogen (secondary N) is 1. The maximum Gasteiger partial charge on any atom is 0.329 e. The van der Waals surface area contributed by atoms with E-state index in [1.807, 2.05) is 0 Å². The zero-order valence-corrected chi connectivity index (χ0v) is 10.1. The molecule has 98 valence electrons. The number of aliphatic carboxylic acids is 1. The molecule has 0 radical (unpaired) electrons. The summed E-state index contributed by atoms with van der Waals surface area (Å²) in [6.07, 6.45) is 0.207. The number of hydrogen-bond acceptors (Lipinski definition) is 4. The molecule has 6 nitrogen and oxygen atoms in total. The number of hydrogen-bond donors (Lipinski definition) is 4. The van der Waals surface area contributed by atoms with Crippen LogP contribution in [0.3, 0.4) is 0 Å². The molecule has 1 amide bonds. The number of carbonyl (C=O) groups excluding carboxylic acids is 1. The first-order valence-electron chi connectivity index (χ1n) is 5.37. The van der Waals surface area contributed by atoms with Crippen molar-refractivity contribution in [2.24, 2.45) is 0 Å². The van der Waals surface area contributed by atoms with Crippen LogP contribution >= 0.6 is 0 Å². The van der Waals surface area contributed by atoms with Crippen LogP contribution in [0.25, 0.3) is 0 Å². The lowest BCUT2D eigenvalue weighted by Crippen LogP contribution is -2.51. The molecule has 6 heteroatoms. The Morgan fingerprint density at radius 2 is 1.72 bits per heavy atom. The highest BCUT2D eigenvalue weighted by Crippen LogP contribution is 2.21. The average Bonchev–Trinajstić information content (AvgIpc) is 2.27. The van der Waals surface area contributed by atoms with Crippen LogP contribution in [0.5, 0.6) is 11.5 Å². The van der Waals surface area contributed by atoms with Crippen molar-refractivity contribution in [3.8, 4) is 11.5 Å². The van der Waals surface area contributed by atoms with Crippen LogP contribution in [0.2, 0.25) is 0 Å². The standard InChI is InChI=1S/C12H15NO5/c1-3-12(2,11(17)18)13-10(16)7-4-8(14)6-9(15)5-7/h4-6,14-15H,3H2,1-2H3,(H,13,16)(H,17,18). The van der Waals surface area contributed by atoms with Gasteiger partial charge >= 0.3 is 5.97 Å². The molecule has 0 fully saturated rings. The molecule has 0 heterocycles. The van der Waals surface area contributed by atoms with Crippen LogP contribution in [0, 0.1) is 0 Å². The van der Waals surface area contributed by atoms with Crippen molar-refractivity contribution in [1.82, 2.24) is 5.32 Å². The van der Waals surface area contributed by atoms with E-state index in [1.165, 1.54) is 6.92 Å². The number of carboxylic acids is 1. The highest BCUT2D eigenvalue weighted by atomic mass is 16.4. The van der Waals surface area contributed by atoms with E-state index in [0.717, 1.165) is 18.2 Å². The van der Waals surface area contributed by atoms with Gasteiger partial charge in [-0.05, 0) is 25.5 Å². The summed E-state index contributed by atoms with van der Waals surface area (Å²) in [7, 11) is 0. The third kappa shape index (κ3) is 2.91. The van der Waals surface area contributed by atoms with Crippen molar-refractivity contribution < 1.29 is 24.9 Å². The van der Waals surface area contributed by atoms with Gasteiger partial charge in [-0.25, -0.2) is 4.79 Å². The van der Waals surface area contributed by atoms with E-state index in [-0.39, 0.29) is 23.5 Å². The Kier molecular flexibility index (Phi) is 3.80. The van der Waals surface area contributed by atoms with Gasteiger partial charge in [-0.2, -0.15) is 0 Å². The number of carbonyl (C=O) groups is 2. The summed E-state index contributed by atoms with van der Waals surface area (Å²) in [6.45, 7) is 3.02. The van der Waals surface area contributed by atoms with Gasteiger partial charge in [0.25, 0.3) is 5.91 Å². The van der Waals surface area contributed by atoms with Crippen LogP contribution in [0.4, 0.5) is 0 Å². The van der Waals surface area contributed by atoms with E-state index in [2.05, 4.69) is 5.32 Å². The van der Waals surface area contributed by atoms with Gasteiger partial charge in [-0.3, -0.25) is 4.79 Å². The summed E-state index contributed by atoms with van der Waals surface area (Å²) in [6, 6.07) is 3.37. The van der Waals surface area contributed by atoms with Gasteiger partial charge < -0.3 is 20.6 Å². The van der Waals surface area contributed by atoms with Crippen molar-refractivity contribution >= 4 is 11.9 Å². The van der Waals surface area contributed by atoms with E-state index in [0.29, 0.717) is 0 Å². The van der Waals surface area contributed by atoms with Crippen LogP contribution < -0.4 is 5.32 Å². The summed E-state index contributed by atoms with van der Waals surface area (Å²) in [4.78, 5) is 22.9. The van der Waals surface area contributed by atoms with Gasteiger partial charge in [-0.1, -0.05) is 6.92 Å². The minimum Gasteiger partial charge on any atom is -0.508 e. The lowest BCUT2D eigenvalue weighted by molar-refractivity contribution is -0.143. The normalized spacial score (nSPS) is 13.7. The van der Waals surface area contributed by atoms with Crippen molar-refractivity contribution in [2.75, 3.05) is 0 Å². The highest BCUT2D eigenvalue weighted by molar-refractivity contribution is 5.98. The van der Waals surface area contributed by atoms with E-state index < -0.39 is 17.4 Å². The molecule has 0 aliphatic carbocycles. The number of benzene rings is 1. The molecule has 1 aromatic carbocycles. The second-order valence-corrected chi connectivity index (χ2v) is 4.18. The molecule has 0 aliphatic rings. The molecule has 0 aromatic heterocycles. The Bertz CT molecular complexity index is 465. The molecule has 1 aromatic rings. The maximum atomic E-state index is 11.8. The molecule has 1 unspecified atom stereocenters. The van der Waals surface area contributed by atoms with Gasteiger partial charge in [0.15, 0.2) is 0 Å². The molecule has 1 rings (SSSR count). The van der Waals surface area contributed by atoms with Crippen LogP contribution in [-0.4, -0.2) is 32.7 Å². The molecule has 1 atom stereocenters. The molecule has 0 saturated carbocycles. The van der Waals surface area contributed by atoms with Gasteiger partial charge in [0.1, 0.15) is 17.0 Å². The molecule has 4 N–H and O–H groups in total. The fraction of sp³-hybridized carbons (Fsp3) is 0.333. The lowest BCUT2D eigenvalue weighted by Gasteiger charge is -2.24. The number of amides is 1. The zero-order valence-electron chi connectivity index (χ0n) is 10.1. The summed E-state index contributed by atoms with van der Waals surface area (Å²) in [5.74, 6) is -2.36. The molecular formula is C12H15NO5. The van der Waals surface area contributed by atoms with Crippen LogP contribution in [0.15, 0.2) is 18.2 Å². The molecule has 0 aliphatic heterocycles. The maximum absolute atomic E-state index is 11.8. The van der Waals surface area contributed by atoms with Gasteiger partial charge in [0.2, 0.25) is 0 Å². The van der Waals surface area contributed by atoms with Crippen LogP contribution in [0.1, 0.15) is 30.6 Å². The molecule has 0 spiro atoms. The first-order chi connectivity index (χ1) is 8.28. The zero-order chi connectivity index (χ0) is 13.9. The quantitative estimate of drug-likeness (QED) is 0.642. The predicted octanol–water partition coefficient (Wildman–Crippen LogP) is 1.08. The highest BCUT2D eigenvalue weighted by Gasteiger charge is 2.33. The fourth-order valence-electron chi connectivity index (χ4n) is 1.34. The minimum atomic E-state index is -1.39. The summed E-state index contributed by atoms with van der Waals surface area (Å²) < 4.78 is 0. The third-order valence-corrected chi connectivity index (χ3v) is 2.73. The Labute approximate surface area is 104 Å². The number of carboxylic acid groups (broad SMARTS) is 1. The van der Waals surface area contributed by atoms with Gasteiger partial charge in [-0.15, -0.1) is 0 Å². The monoisotopic (exact) mass is 253 g/mol. The summed E-state index contributed by atoms with van der Waals surface area (Å²) in [5.41, 5.74) is -1.40. The van der Waals surface area contributed by atoms with Crippen molar-refractivity contribution in [3.63, 3.8) is 0 Å². The SMILES string of the molecule is CCC(C)(NC(=O)c1cc(O)cc(O)c1)C(=O)O. The first-order valence-corrected chi connectivity index (χ1v) is 5.37. The van der Waals surface area contributed by atoms with Crippen LogP contribution in [-0.2, 0) is 4.79 Å². The predicted molar refractivity (Wildman–Crippen MR) is 63.6 cm³/mol. The second-order valence-electron chi connectivity index (χ2n) is 4.18. The minimum absolute atomic E-state index is 0.00609. The molecule has 18 heavy (non-hydrogen) atoms. The molecule has 0 saturated heterocycles. The topological polar surface area (TPSA) is 107 Å². The Morgan fingerprint density at radius 1 is 1.22 bits per heavy atom. The number of phenols is 2. The Morgan fingerprint density at radius 3 is 2.11 bits per heavy atom. The number of phenolic OH excluding ortho intramolecular Hbond substituents is 2. The smallest absolute Gasteiger partial charge is 0.329 e. The average molecular weight is 253 g/mol. The Balaban J connectivity index is 2.98. The molecular weight excluding hydrogens is 238 g/mol. The van der Waals surface area contributed by atoms with Gasteiger partial charge in [0.05, 0.1) is 0 Å². The summed E-state index contributed by atoms with van der Waals surface area (Å²) >= 11 is 0. The number of rotatable bonds is 4. The van der Waals surface area contributed by atoms with Crippen molar-refractivity contribution in [3.05, 3.63) is 23.8 Å². The lowest BCUT2D eigenvalue weighted by atomic mass is 9.98. The first kappa shape index (κ1) is 13.8. The second kappa shape index (κ2) is 4.95. The molecule has 0 bridgehead atoms. The van der Waals surface area contributed by atoms with E-state index >= 15 is 0 Å². The van der Waals surface area contributed by atoms with Crippen molar-refractivity contribution in [2.45, 2.75) is 25.8 Å². The van der Waals surface area contributed by atoms with Gasteiger partial charge in [0, 0.05) is 11.6 Å².